The molecule has 0 saturated carbocycles. The van der Waals surface area contributed by atoms with Gasteiger partial charge in [-0.05, 0) is 19.8 Å². The number of amides is 1. The van der Waals surface area contributed by atoms with Crippen molar-refractivity contribution in [2.45, 2.75) is 51.6 Å². The van der Waals surface area contributed by atoms with Gasteiger partial charge in [0, 0.05) is 6.04 Å². The molecule has 0 rings (SSSR count). The zero-order chi connectivity index (χ0) is 11.0. The van der Waals surface area contributed by atoms with Gasteiger partial charge >= 0.3 is 0 Å². The number of hydrogen-bond donors (Lipinski definition) is 2. The van der Waals surface area contributed by atoms with Crippen LogP contribution in [0.1, 0.15) is 39.5 Å². The van der Waals surface area contributed by atoms with E-state index >= 15 is 0 Å². The number of nitrogens with two attached hydrogens (primary N) is 1. The van der Waals surface area contributed by atoms with Gasteiger partial charge in [-0.3, -0.25) is 4.79 Å². The summed E-state index contributed by atoms with van der Waals surface area (Å²) in [5.74, 6) is -0.0483. The predicted octanol–water partition coefficient (Wildman–Crippen LogP) is 1.58. The van der Waals surface area contributed by atoms with Crippen LogP contribution in [0.25, 0.3) is 0 Å². The molecule has 0 saturated heterocycles. The average molecular weight is 198 g/mol. The van der Waals surface area contributed by atoms with Gasteiger partial charge in [0.25, 0.3) is 0 Å². The summed E-state index contributed by atoms with van der Waals surface area (Å²) in [5.41, 5.74) is 5.71. The quantitative estimate of drug-likeness (QED) is 0.610. The van der Waals surface area contributed by atoms with Crippen LogP contribution >= 0.6 is 0 Å². The third-order valence-corrected chi connectivity index (χ3v) is 2.11. The fourth-order valence-corrected chi connectivity index (χ4v) is 1.21. The Kier molecular flexibility index (Phi) is 7.11. The Morgan fingerprint density at radius 1 is 1.64 bits per heavy atom. The Morgan fingerprint density at radius 3 is 2.79 bits per heavy atom. The highest BCUT2D eigenvalue weighted by molar-refractivity contribution is 5.81. The summed E-state index contributed by atoms with van der Waals surface area (Å²) in [6.45, 7) is 7.66. The number of unbranched alkanes of at least 4 members (excludes halogenated alkanes) is 1. The van der Waals surface area contributed by atoms with Crippen molar-refractivity contribution >= 4 is 5.91 Å². The molecule has 0 heterocycles. The summed E-state index contributed by atoms with van der Waals surface area (Å²) in [5, 5.41) is 2.85. The maximum absolute atomic E-state index is 11.5. The second kappa shape index (κ2) is 7.56. The van der Waals surface area contributed by atoms with Gasteiger partial charge in [0.05, 0.1) is 6.04 Å². The number of rotatable bonds is 7. The van der Waals surface area contributed by atoms with E-state index in [1.807, 2.05) is 6.92 Å². The van der Waals surface area contributed by atoms with E-state index in [1.165, 1.54) is 0 Å². The molecule has 0 aliphatic carbocycles. The van der Waals surface area contributed by atoms with Crippen molar-refractivity contribution in [1.29, 1.82) is 0 Å². The van der Waals surface area contributed by atoms with Crippen LogP contribution in [-0.4, -0.2) is 18.0 Å². The number of carbonyl (C=O) groups is 1. The highest BCUT2D eigenvalue weighted by atomic mass is 16.2. The lowest BCUT2D eigenvalue weighted by Gasteiger charge is -2.15. The predicted molar refractivity (Wildman–Crippen MR) is 59.9 cm³/mol. The lowest BCUT2D eigenvalue weighted by molar-refractivity contribution is -0.123. The zero-order valence-electron chi connectivity index (χ0n) is 9.25. The van der Waals surface area contributed by atoms with E-state index in [1.54, 1.807) is 6.08 Å². The molecule has 3 N–H and O–H groups in total. The van der Waals surface area contributed by atoms with Crippen LogP contribution in [0, 0.1) is 0 Å². The topological polar surface area (TPSA) is 55.1 Å². The van der Waals surface area contributed by atoms with Crippen LogP contribution < -0.4 is 11.1 Å². The standard InChI is InChI=1S/C11H22N2O/c1-4-6-8-10(12)11(14)13-9(3)7-5-2/h5,9-10H,2,4,6-8,12H2,1,3H3,(H,13,14)/t9?,10-/m0/s1. The SMILES string of the molecule is C=CCC(C)NC(=O)[C@@H](N)CCCC. The Hall–Kier alpha value is -0.830. The van der Waals surface area contributed by atoms with Crippen LogP contribution in [0.15, 0.2) is 12.7 Å². The summed E-state index contributed by atoms with van der Waals surface area (Å²) in [7, 11) is 0. The molecule has 0 radical (unpaired) electrons. The third-order valence-electron chi connectivity index (χ3n) is 2.11. The molecule has 0 aromatic rings. The van der Waals surface area contributed by atoms with Crippen molar-refractivity contribution in [3.63, 3.8) is 0 Å². The molecule has 0 aromatic carbocycles. The number of carbonyl (C=O) groups excluding carboxylic acids is 1. The van der Waals surface area contributed by atoms with Gasteiger partial charge in [0.15, 0.2) is 0 Å². The largest absolute Gasteiger partial charge is 0.352 e. The van der Waals surface area contributed by atoms with Crippen molar-refractivity contribution < 1.29 is 4.79 Å². The summed E-state index contributed by atoms with van der Waals surface area (Å²) < 4.78 is 0. The van der Waals surface area contributed by atoms with Gasteiger partial charge in [-0.15, -0.1) is 6.58 Å². The Morgan fingerprint density at radius 2 is 2.29 bits per heavy atom. The third kappa shape index (κ3) is 5.75. The molecular formula is C11H22N2O. The fraction of sp³-hybridized carbons (Fsp3) is 0.727. The van der Waals surface area contributed by atoms with E-state index in [-0.39, 0.29) is 18.0 Å². The van der Waals surface area contributed by atoms with E-state index < -0.39 is 0 Å². The molecule has 14 heavy (non-hydrogen) atoms. The summed E-state index contributed by atoms with van der Waals surface area (Å²) >= 11 is 0. The number of nitrogens with one attached hydrogen (secondary N) is 1. The van der Waals surface area contributed by atoms with Crippen LogP contribution in [0.2, 0.25) is 0 Å². The van der Waals surface area contributed by atoms with Crippen LogP contribution in [0.5, 0.6) is 0 Å². The Labute approximate surface area is 86.8 Å². The van der Waals surface area contributed by atoms with E-state index in [4.69, 9.17) is 5.73 Å². The molecule has 0 fully saturated rings. The molecule has 0 spiro atoms. The Balaban J connectivity index is 3.76. The Bertz CT molecular complexity index is 180. The zero-order valence-corrected chi connectivity index (χ0v) is 9.25. The lowest BCUT2D eigenvalue weighted by atomic mass is 10.1. The van der Waals surface area contributed by atoms with Crippen molar-refractivity contribution in [3.8, 4) is 0 Å². The first-order valence-corrected chi connectivity index (χ1v) is 5.28. The summed E-state index contributed by atoms with van der Waals surface area (Å²) in [6.07, 6.45) is 5.42. The second-order valence-electron chi connectivity index (χ2n) is 3.68. The molecule has 0 aliphatic heterocycles. The van der Waals surface area contributed by atoms with Crippen molar-refractivity contribution in [1.82, 2.24) is 5.32 Å². The van der Waals surface area contributed by atoms with Gasteiger partial charge in [0.1, 0.15) is 0 Å². The molecule has 3 nitrogen and oxygen atoms in total. The van der Waals surface area contributed by atoms with E-state index in [0.29, 0.717) is 0 Å². The molecule has 0 aliphatic rings. The monoisotopic (exact) mass is 198 g/mol. The first kappa shape index (κ1) is 13.2. The number of hydrogen-bond acceptors (Lipinski definition) is 2. The highest BCUT2D eigenvalue weighted by Crippen LogP contribution is 1.99. The molecule has 1 amide bonds. The normalized spacial score (nSPS) is 14.5. The van der Waals surface area contributed by atoms with Gasteiger partial charge in [-0.25, -0.2) is 0 Å². The smallest absolute Gasteiger partial charge is 0.237 e. The summed E-state index contributed by atoms with van der Waals surface area (Å²) in [4.78, 5) is 11.5. The van der Waals surface area contributed by atoms with Gasteiger partial charge < -0.3 is 11.1 Å². The van der Waals surface area contributed by atoms with Gasteiger partial charge in [-0.1, -0.05) is 25.8 Å². The first-order chi connectivity index (χ1) is 6.61. The second-order valence-corrected chi connectivity index (χ2v) is 3.68. The highest BCUT2D eigenvalue weighted by Gasteiger charge is 2.13. The van der Waals surface area contributed by atoms with E-state index in [2.05, 4.69) is 18.8 Å². The maximum Gasteiger partial charge on any atom is 0.237 e. The van der Waals surface area contributed by atoms with Crippen molar-refractivity contribution in [2.24, 2.45) is 5.73 Å². The van der Waals surface area contributed by atoms with Gasteiger partial charge in [0.2, 0.25) is 5.91 Å². The molecule has 2 atom stereocenters. The molecule has 1 unspecified atom stereocenters. The molecule has 0 bridgehead atoms. The van der Waals surface area contributed by atoms with Crippen molar-refractivity contribution in [2.75, 3.05) is 0 Å². The van der Waals surface area contributed by atoms with Crippen LogP contribution in [0.4, 0.5) is 0 Å². The van der Waals surface area contributed by atoms with Crippen LogP contribution in [0.3, 0.4) is 0 Å². The van der Waals surface area contributed by atoms with Crippen molar-refractivity contribution in [3.05, 3.63) is 12.7 Å². The molecular weight excluding hydrogens is 176 g/mol. The average Bonchev–Trinajstić information content (AvgIpc) is 2.14. The van der Waals surface area contributed by atoms with Crippen LogP contribution in [-0.2, 0) is 4.79 Å². The molecule has 0 aromatic heterocycles. The minimum absolute atomic E-state index is 0.0483. The molecule has 3 heteroatoms. The van der Waals surface area contributed by atoms with E-state index in [0.717, 1.165) is 25.7 Å². The fourth-order valence-electron chi connectivity index (χ4n) is 1.21. The maximum atomic E-state index is 11.5. The minimum Gasteiger partial charge on any atom is -0.352 e. The lowest BCUT2D eigenvalue weighted by Crippen LogP contribution is -2.44. The van der Waals surface area contributed by atoms with E-state index in [9.17, 15) is 4.79 Å². The molecule has 82 valence electrons. The van der Waals surface area contributed by atoms with Gasteiger partial charge in [-0.2, -0.15) is 0 Å². The minimum atomic E-state index is -0.359. The first-order valence-electron chi connectivity index (χ1n) is 5.28. The summed E-state index contributed by atoms with van der Waals surface area (Å²) in [6, 6.07) is -0.227.